The Morgan fingerprint density at radius 1 is 1.14 bits per heavy atom. The van der Waals surface area contributed by atoms with E-state index in [1.54, 1.807) is 6.92 Å². The van der Waals surface area contributed by atoms with Crippen LogP contribution in [-0.4, -0.2) is 78.5 Å². The second-order valence-electron chi connectivity index (χ2n) is 13.6. The van der Waals surface area contributed by atoms with Gasteiger partial charge in [0.2, 0.25) is 11.8 Å². The van der Waals surface area contributed by atoms with Gasteiger partial charge < -0.3 is 10.6 Å². The number of aryl methyl sites for hydroxylation is 1. The zero-order valence-electron chi connectivity index (χ0n) is 27.2. The van der Waals surface area contributed by atoms with E-state index in [9.17, 15) is 44.7 Å². The van der Waals surface area contributed by atoms with Crippen molar-refractivity contribution < 1.29 is 44.7 Å². The average molecular weight is 719 g/mol. The summed E-state index contributed by atoms with van der Waals surface area (Å²) in [7, 11) is 0. The van der Waals surface area contributed by atoms with Gasteiger partial charge in [0.15, 0.2) is 5.65 Å². The third-order valence-corrected chi connectivity index (χ3v) is 9.91. The fourth-order valence-corrected chi connectivity index (χ4v) is 7.06. The van der Waals surface area contributed by atoms with Gasteiger partial charge in [0.25, 0.3) is 5.91 Å². The van der Waals surface area contributed by atoms with E-state index in [-0.39, 0.29) is 60.1 Å². The first kappa shape index (κ1) is 36.0. The maximum absolute atomic E-state index is 14.2. The molecule has 0 spiro atoms. The molecule has 4 heterocycles. The van der Waals surface area contributed by atoms with Crippen LogP contribution in [0.3, 0.4) is 0 Å². The summed E-state index contributed by atoms with van der Waals surface area (Å²) in [5.74, 6) is -7.34. The first-order chi connectivity index (χ1) is 23.5. The number of alkyl halides is 8. The van der Waals surface area contributed by atoms with Gasteiger partial charge in [-0.05, 0) is 62.6 Å². The van der Waals surface area contributed by atoms with E-state index in [4.69, 9.17) is 0 Å². The zero-order valence-corrected chi connectivity index (χ0v) is 27.2. The summed E-state index contributed by atoms with van der Waals surface area (Å²) >= 11 is 0. The summed E-state index contributed by atoms with van der Waals surface area (Å²) in [6.07, 6.45) is -6.44. The lowest BCUT2D eigenvalue weighted by molar-refractivity contribution is -0.183. The van der Waals surface area contributed by atoms with Gasteiger partial charge in [-0.1, -0.05) is 0 Å². The van der Waals surface area contributed by atoms with Gasteiger partial charge in [-0.3, -0.25) is 19.2 Å². The number of carbonyl (C=O) groups is 2. The van der Waals surface area contributed by atoms with Crippen LogP contribution >= 0.6 is 0 Å². The van der Waals surface area contributed by atoms with Crippen LogP contribution in [0.25, 0.3) is 5.65 Å². The minimum atomic E-state index is -4.56. The van der Waals surface area contributed by atoms with Crippen LogP contribution in [0.2, 0.25) is 0 Å². The van der Waals surface area contributed by atoms with Gasteiger partial charge in [-0.25, -0.2) is 18.3 Å². The maximum atomic E-state index is 14.2. The molecule has 0 radical (unpaired) electrons. The molecule has 1 saturated heterocycles. The molecule has 1 aliphatic heterocycles. The fourth-order valence-electron chi connectivity index (χ4n) is 7.06. The number of hydrogen-bond acceptors (Lipinski definition) is 6. The molecule has 3 aliphatic rings. The number of halogens is 8. The zero-order chi connectivity index (χ0) is 36.0. The Balaban J connectivity index is 1.37. The predicted molar refractivity (Wildman–Crippen MR) is 162 cm³/mol. The molecule has 3 fully saturated rings. The van der Waals surface area contributed by atoms with Crippen molar-refractivity contribution in [3.8, 4) is 0 Å². The third kappa shape index (κ3) is 8.37. The van der Waals surface area contributed by atoms with Crippen molar-refractivity contribution in [2.24, 2.45) is 17.8 Å². The topological polar surface area (TPSA) is 109 Å². The normalized spacial score (nSPS) is 22.6. The first-order valence-electron chi connectivity index (χ1n) is 16.7. The third-order valence-electron chi connectivity index (χ3n) is 9.91. The number of aromatic nitrogens is 5. The Bertz CT molecular complexity index is 1690. The van der Waals surface area contributed by atoms with Gasteiger partial charge in [-0.15, -0.1) is 0 Å². The van der Waals surface area contributed by atoms with E-state index in [0.717, 1.165) is 0 Å². The summed E-state index contributed by atoms with van der Waals surface area (Å²) < 4.78 is 113. The molecule has 0 bridgehead atoms. The van der Waals surface area contributed by atoms with Gasteiger partial charge in [0.05, 0.1) is 36.1 Å². The highest BCUT2D eigenvalue weighted by Gasteiger charge is 2.45. The van der Waals surface area contributed by atoms with E-state index < -0.39 is 86.2 Å². The first-order valence-corrected chi connectivity index (χ1v) is 16.7. The number of piperidine rings is 1. The number of nitrogens with one attached hydrogen (secondary N) is 2. The highest BCUT2D eigenvalue weighted by atomic mass is 19.4. The molecule has 3 aromatic rings. The molecule has 0 aromatic carbocycles. The molecular formula is C32H38F8N8O2. The van der Waals surface area contributed by atoms with Crippen LogP contribution in [0.4, 0.5) is 35.1 Å². The molecule has 274 valence electrons. The van der Waals surface area contributed by atoms with Crippen LogP contribution in [0.5, 0.6) is 0 Å². The number of imidazole rings is 1. The molecule has 3 aromatic heterocycles. The lowest BCUT2D eigenvalue weighted by Crippen LogP contribution is -2.47. The van der Waals surface area contributed by atoms with Gasteiger partial charge in [0, 0.05) is 57.1 Å². The summed E-state index contributed by atoms with van der Waals surface area (Å²) in [5, 5.41) is 13.9. The SMILES string of the molecule is CCn1nccc1C(=O)N[C@H](c1cn2nc(C[C@H]3C[C@@H](C(F)(F)F)CNC3=O)c(CN(CC(F)(F)F)C3CC3)cc2n1)C1CCC(F)(F)CC1. The lowest BCUT2D eigenvalue weighted by Gasteiger charge is -2.33. The molecule has 3 atom stereocenters. The van der Waals surface area contributed by atoms with Crippen LogP contribution in [0.1, 0.15) is 85.4 Å². The van der Waals surface area contributed by atoms with Crippen LogP contribution in [0.15, 0.2) is 24.5 Å². The van der Waals surface area contributed by atoms with E-state index in [1.165, 1.54) is 38.6 Å². The van der Waals surface area contributed by atoms with E-state index in [1.807, 2.05) is 0 Å². The average Bonchev–Trinajstić information content (AvgIpc) is 3.62. The van der Waals surface area contributed by atoms with Crippen molar-refractivity contribution in [2.45, 2.75) is 102 Å². The van der Waals surface area contributed by atoms with Gasteiger partial charge >= 0.3 is 12.4 Å². The molecule has 2 saturated carbocycles. The van der Waals surface area contributed by atoms with Gasteiger partial charge in [0.1, 0.15) is 5.69 Å². The number of fused-ring (bicyclic) bond motifs is 1. The molecule has 2 aliphatic carbocycles. The van der Waals surface area contributed by atoms with Crippen LogP contribution in [-0.2, 0) is 24.3 Å². The Kier molecular flexibility index (Phi) is 9.87. The monoisotopic (exact) mass is 718 g/mol. The summed E-state index contributed by atoms with van der Waals surface area (Å²) in [4.78, 5) is 32.1. The van der Waals surface area contributed by atoms with Crippen molar-refractivity contribution in [1.82, 2.24) is 39.9 Å². The highest BCUT2D eigenvalue weighted by Crippen LogP contribution is 2.42. The summed E-state index contributed by atoms with van der Waals surface area (Å²) in [6, 6.07) is 1.83. The van der Waals surface area contributed by atoms with Crippen molar-refractivity contribution in [2.75, 3.05) is 13.1 Å². The number of nitrogens with zero attached hydrogens (tertiary/aromatic N) is 6. The lowest BCUT2D eigenvalue weighted by atomic mass is 9.81. The van der Waals surface area contributed by atoms with Crippen molar-refractivity contribution >= 4 is 17.5 Å². The smallest absolute Gasteiger partial charge is 0.355 e. The Morgan fingerprint density at radius 2 is 1.86 bits per heavy atom. The van der Waals surface area contributed by atoms with E-state index >= 15 is 0 Å². The van der Waals surface area contributed by atoms with Crippen LogP contribution < -0.4 is 10.6 Å². The molecule has 2 amide bonds. The molecular weight excluding hydrogens is 680 g/mol. The molecule has 10 nitrogen and oxygen atoms in total. The largest absolute Gasteiger partial charge is 0.401 e. The Labute approximate surface area is 282 Å². The minimum absolute atomic E-state index is 0.0771. The van der Waals surface area contributed by atoms with Crippen molar-refractivity contribution in [3.63, 3.8) is 0 Å². The van der Waals surface area contributed by atoms with E-state index in [0.29, 0.717) is 19.4 Å². The molecule has 50 heavy (non-hydrogen) atoms. The fraction of sp³-hybridized carbons (Fsp3) is 0.656. The summed E-state index contributed by atoms with van der Waals surface area (Å²) in [5.41, 5.74) is 1.12. The molecule has 2 N–H and O–H groups in total. The Hall–Kier alpha value is -3.83. The second-order valence-corrected chi connectivity index (χ2v) is 13.6. The van der Waals surface area contributed by atoms with Crippen molar-refractivity contribution in [1.29, 1.82) is 0 Å². The van der Waals surface area contributed by atoms with Gasteiger partial charge in [-0.2, -0.15) is 36.5 Å². The molecule has 6 rings (SSSR count). The Morgan fingerprint density at radius 3 is 2.50 bits per heavy atom. The summed E-state index contributed by atoms with van der Waals surface area (Å²) in [6.45, 7) is 0.183. The predicted octanol–water partition coefficient (Wildman–Crippen LogP) is 5.63. The van der Waals surface area contributed by atoms with Crippen molar-refractivity contribution in [3.05, 3.63) is 47.2 Å². The quantitative estimate of drug-likeness (QED) is 0.249. The van der Waals surface area contributed by atoms with Crippen LogP contribution in [0, 0.1) is 17.8 Å². The van der Waals surface area contributed by atoms with E-state index in [2.05, 4.69) is 25.8 Å². The number of amides is 2. The molecule has 18 heteroatoms. The standard InChI is InChI=1S/C32H38F8N8O2/c1-2-47-25(7-10-42-47)29(50)44-27(18-5-8-30(33,34)9-6-18)24-16-48-26(43-24)13-20(15-46(22-3-4-22)17-31(35,36)37)23(45-48)12-19-11-21(32(38,39)40)14-41-28(19)49/h7,10,13,16,18-19,21-22,27H,2-6,8-9,11-12,14-15,17H2,1H3,(H,41,49)(H,44,50)/t19-,21-,27+/m1/s1. The second kappa shape index (κ2) is 13.7. The number of hydrogen-bond donors (Lipinski definition) is 2. The minimum Gasteiger partial charge on any atom is -0.355 e. The highest BCUT2D eigenvalue weighted by molar-refractivity contribution is 5.92. The number of carbonyl (C=O) groups excluding carboxylic acids is 2. The maximum Gasteiger partial charge on any atom is 0.401 e. The molecule has 0 unspecified atom stereocenters. The number of rotatable bonds is 11.